The lowest BCUT2D eigenvalue weighted by Gasteiger charge is -2.21. The average Bonchev–Trinajstić information content (AvgIpc) is 3.01. The van der Waals surface area contributed by atoms with Crippen LogP contribution in [-0.2, 0) is 14.3 Å². The Labute approximate surface area is 116 Å². The highest BCUT2D eigenvalue weighted by molar-refractivity contribution is 5.96. The fourth-order valence-electron chi connectivity index (χ4n) is 2.78. The van der Waals surface area contributed by atoms with Crippen molar-refractivity contribution in [3.05, 3.63) is 42.0 Å². The molecule has 0 spiro atoms. The highest BCUT2D eigenvalue weighted by Gasteiger charge is 2.53. The second-order valence-corrected chi connectivity index (χ2v) is 5.20. The molecule has 1 amide bonds. The lowest BCUT2D eigenvalue weighted by molar-refractivity contribution is -0.145. The lowest BCUT2D eigenvalue weighted by atomic mass is 9.82. The number of carboxylic acid groups (broad SMARTS) is 1. The van der Waals surface area contributed by atoms with Gasteiger partial charge < -0.3 is 15.2 Å². The predicted octanol–water partition coefficient (Wildman–Crippen LogP) is 1.59. The molecule has 0 radical (unpaired) electrons. The molecule has 20 heavy (non-hydrogen) atoms. The number of nitrogens with one attached hydrogen (secondary N) is 1. The number of aryl methyl sites for hydroxylation is 1. The van der Waals surface area contributed by atoms with Gasteiger partial charge >= 0.3 is 5.97 Å². The number of anilines is 1. The fourth-order valence-corrected chi connectivity index (χ4v) is 2.78. The van der Waals surface area contributed by atoms with Gasteiger partial charge in [0.05, 0.1) is 18.1 Å². The minimum absolute atomic E-state index is 0.307. The first-order valence-corrected chi connectivity index (χ1v) is 6.50. The van der Waals surface area contributed by atoms with Crippen molar-refractivity contribution in [2.45, 2.75) is 19.1 Å². The number of amides is 1. The molecule has 5 nitrogen and oxygen atoms in total. The van der Waals surface area contributed by atoms with Gasteiger partial charge in [0, 0.05) is 5.69 Å². The Kier molecular flexibility index (Phi) is 3.06. The summed E-state index contributed by atoms with van der Waals surface area (Å²) >= 11 is 0. The minimum atomic E-state index is -0.995. The Morgan fingerprint density at radius 1 is 1.10 bits per heavy atom. The molecule has 2 aliphatic rings. The topological polar surface area (TPSA) is 75.6 Å². The molecule has 2 bridgehead atoms. The van der Waals surface area contributed by atoms with Crippen molar-refractivity contribution in [2.75, 3.05) is 5.32 Å². The first-order valence-electron chi connectivity index (χ1n) is 6.50. The van der Waals surface area contributed by atoms with E-state index in [1.807, 2.05) is 19.1 Å². The average molecular weight is 273 g/mol. The summed E-state index contributed by atoms with van der Waals surface area (Å²) < 4.78 is 5.48. The number of hydrogen-bond acceptors (Lipinski definition) is 3. The van der Waals surface area contributed by atoms with Crippen LogP contribution in [-0.4, -0.2) is 29.2 Å². The Morgan fingerprint density at radius 3 is 2.30 bits per heavy atom. The summed E-state index contributed by atoms with van der Waals surface area (Å²) in [7, 11) is 0. The van der Waals surface area contributed by atoms with Gasteiger partial charge in [-0.05, 0) is 19.1 Å². The van der Waals surface area contributed by atoms with Crippen LogP contribution in [0.2, 0.25) is 0 Å². The van der Waals surface area contributed by atoms with Crippen LogP contribution >= 0.6 is 0 Å². The summed E-state index contributed by atoms with van der Waals surface area (Å²) in [6.45, 7) is 1.96. The first-order chi connectivity index (χ1) is 9.56. The van der Waals surface area contributed by atoms with Crippen LogP contribution in [0, 0.1) is 18.8 Å². The monoisotopic (exact) mass is 273 g/mol. The van der Waals surface area contributed by atoms with Crippen LogP contribution in [0.15, 0.2) is 36.4 Å². The molecule has 0 unspecified atom stereocenters. The highest BCUT2D eigenvalue weighted by Crippen LogP contribution is 2.39. The van der Waals surface area contributed by atoms with Gasteiger partial charge in [0.25, 0.3) is 0 Å². The van der Waals surface area contributed by atoms with E-state index in [1.165, 1.54) is 0 Å². The van der Waals surface area contributed by atoms with Crippen molar-refractivity contribution in [2.24, 2.45) is 11.8 Å². The van der Waals surface area contributed by atoms with Gasteiger partial charge in [-0.1, -0.05) is 29.8 Å². The third-order valence-electron chi connectivity index (χ3n) is 3.81. The standard InChI is InChI=1S/C15H15NO4/c1-8-2-4-9(5-3-8)16-14(17)12-10-6-7-11(20-10)13(12)15(18)19/h2-7,10-13H,1H3,(H,16,17)(H,18,19)/t10-,11+,12-,13+/m1/s1. The van der Waals surface area contributed by atoms with Gasteiger partial charge in [-0.3, -0.25) is 9.59 Å². The quantitative estimate of drug-likeness (QED) is 0.820. The number of hydrogen-bond donors (Lipinski definition) is 2. The van der Waals surface area contributed by atoms with Crippen LogP contribution < -0.4 is 5.32 Å². The molecule has 2 aliphatic heterocycles. The number of ether oxygens (including phenoxy) is 1. The van der Waals surface area contributed by atoms with E-state index in [0.29, 0.717) is 5.69 Å². The van der Waals surface area contributed by atoms with E-state index in [0.717, 1.165) is 5.56 Å². The third kappa shape index (κ3) is 2.10. The van der Waals surface area contributed by atoms with E-state index in [-0.39, 0.29) is 5.91 Å². The van der Waals surface area contributed by atoms with E-state index in [2.05, 4.69) is 5.32 Å². The van der Waals surface area contributed by atoms with Crippen LogP contribution in [0.5, 0.6) is 0 Å². The molecular formula is C15H15NO4. The summed E-state index contributed by atoms with van der Waals surface area (Å²) in [5, 5.41) is 12.0. The van der Waals surface area contributed by atoms with E-state index in [1.54, 1.807) is 24.3 Å². The van der Waals surface area contributed by atoms with Crippen molar-refractivity contribution in [1.29, 1.82) is 0 Å². The molecule has 0 saturated carbocycles. The van der Waals surface area contributed by atoms with Crippen LogP contribution in [0.4, 0.5) is 5.69 Å². The summed E-state index contributed by atoms with van der Waals surface area (Å²) in [4.78, 5) is 23.6. The van der Waals surface area contributed by atoms with E-state index < -0.39 is 30.0 Å². The molecule has 104 valence electrons. The number of carboxylic acids is 1. The zero-order valence-corrected chi connectivity index (χ0v) is 10.9. The van der Waals surface area contributed by atoms with Gasteiger partial charge in [0.1, 0.15) is 5.92 Å². The molecule has 3 rings (SSSR count). The van der Waals surface area contributed by atoms with Gasteiger partial charge in [-0.25, -0.2) is 0 Å². The molecule has 2 heterocycles. The molecule has 0 aliphatic carbocycles. The van der Waals surface area contributed by atoms with Crippen molar-refractivity contribution in [3.8, 4) is 0 Å². The van der Waals surface area contributed by atoms with Crippen LogP contribution in [0.25, 0.3) is 0 Å². The van der Waals surface area contributed by atoms with E-state index >= 15 is 0 Å². The number of carbonyl (C=O) groups is 2. The van der Waals surface area contributed by atoms with Crippen LogP contribution in [0.3, 0.4) is 0 Å². The molecule has 2 N–H and O–H groups in total. The van der Waals surface area contributed by atoms with Crippen molar-refractivity contribution < 1.29 is 19.4 Å². The molecule has 1 aromatic carbocycles. The number of carbonyl (C=O) groups excluding carboxylic acids is 1. The second kappa shape index (κ2) is 4.76. The minimum Gasteiger partial charge on any atom is -0.481 e. The molecule has 1 fully saturated rings. The Morgan fingerprint density at radius 2 is 1.70 bits per heavy atom. The molecule has 1 aromatic rings. The Bertz CT molecular complexity index is 578. The lowest BCUT2D eigenvalue weighted by Crippen LogP contribution is -2.39. The largest absolute Gasteiger partial charge is 0.481 e. The number of benzene rings is 1. The third-order valence-corrected chi connectivity index (χ3v) is 3.81. The van der Waals surface area contributed by atoms with Gasteiger partial charge in [-0.15, -0.1) is 0 Å². The molecule has 4 atom stereocenters. The highest BCUT2D eigenvalue weighted by atomic mass is 16.5. The number of aliphatic carboxylic acids is 1. The Hall–Kier alpha value is -2.14. The summed E-state index contributed by atoms with van der Waals surface area (Å²) in [5.41, 5.74) is 1.76. The number of fused-ring (bicyclic) bond motifs is 2. The predicted molar refractivity (Wildman–Crippen MR) is 72.2 cm³/mol. The maximum Gasteiger partial charge on any atom is 0.310 e. The summed E-state index contributed by atoms with van der Waals surface area (Å²) in [5.74, 6) is -2.79. The second-order valence-electron chi connectivity index (χ2n) is 5.20. The SMILES string of the molecule is Cc1ccc(NC(=O)[C@H]2[C@@H](C(=O)O)[C@@H]3C=C[C@H]2O3)cc1. The van der Waals surface area contributed by atoms with Crippen molar-refractivity contribution in [1.82, 2.24) is 0 Å². The van der Waals surface area contributed by atoms with Crippen molar-refractivity contribution in [3.63, 3.8) is 0 Å². The smallest absolute Gasteiger partial charge is 0.310 e. The van der Waals surface area contributed by atoms with Gasteiger partial charge in [0.2, 0.25) is 5.91 Å². The Balaban J connectivity index is 1.78. The van der Waals surface area contributed by atoms with E-state index in [9.17, 15) is 14.7 Å². The van der Waals surface area contributed by atoms with E-state index in [4.69, 9.17) is 4.74 Å². The molecule has 1 saturated heterocycles. The zero-order valence-electron chi connectivity index (χ0n) is 10.9. The maximum atomic E-state index is 12.3. The summed E-state index contributed by atoms with van der Waals surface area (Å²) in [6, 6.07) is 7.38. The molecule has 5 heteroatoms. The molecule has 0 aromatic heterocycles. The summed E-state index contributed by atoms with van der Waals surface area (Å²) in [6.07, 6.45) is 2.56. The molecular weight excluding hydrogens is 258 g/mol. The fraction of sp³-hybridized carbons (Fsp3) is 0.333. The van der Waals surface area contributed by atoms with Crippen LogP contribution in [0.1, 0.15) is 5.56 Å². The maximum absolute atomic E-state index is 12.3. The number of rotatable bonds is 3. The zero-order chi connectivity index (χ0) is 14.3. The normalized spacial score (nSPS) is 30.4. The van der Waals surface area contributed by atoms with Gasteiger partial charge in [-0.2, -0.15) is 0 Å². The van der Waals surface area contributed by atoms with Crippen molar-refractivity contribution >= 4 is 17.6 Å². The first kappa shape index (κ1) is 12.9. The van der Waals surface area contributed by atoms with Gasteiger partial charge in [0.15, 0.2) is 0 Å².